The van der Waals surface area contributed by atoms with Crippen LogP contribution in [0, 0.1) is 0 Å². The lowest BCUT2D eigenvalue weighted by Crippen LogP contribution is -2.47. The molecule has 0 aromatic heterocycles. The smallest absolute Gasteiger partial charge is 0.116 e. The molecule has 0 spiro atoms. The molecule has 2 nitrogen and oxygen atoms in total. The average Bonchev–Trinajstić information content (AvgIpc) is 2.31. The fourth-order valence-corrected chi connectivity index (χ4v) is 2.40. The first kappa shape index (κ1) is 11.6. The number of nitrogens with one attached hydrogen (secondary N) is 1. The van der Waals surface area contributed by atoms with Crippen molar-refractivity contribution in [1.82, 2.24) is 5.32 Å². The molecule has 1 aliphatic rings. The minimum Gasteiger partial charge on any atom is -0.376 e. The van der Waals surface area contributed by atoms with Gasteiger partial charge in [-0.15, -0.1) is 0 Å². The second-order valence-corrected chi connectivity index (χ2v) is 4.75. The van der Waals surface area contributed by atoms with E-state index >= 15 is 0 Å². The van der Waals surface area contributed by atoms with Crippen molar-refractivity contribution >= 4 is 0 Å². The summed E-state index contributed by atoms with van der Waals surface area (Å²) < 4.78 is 0. The molecule has 0 radical (unpaired) electrons. The van der Waals surface area contributed by atoms with Crippen LogP contribution in [0.1, 0.15) is 37.7 Å². The van der Waals surface area contributed by atoms with Gasteiger partial charge >= 0.3 is 0 Å². The Morgan fingerprint density at radius 2 is 1.75 bits per heavy atom. The third-order valence-corrected chi connectivity index (χ3v) is 3.39. The van der Waals surface area contributed by atoms with Crippen LogP contribution in [0.4, 0.5) is 0 Å². The highest BCUT2D eigenvalue weighted by Crippen LogP contribution is 2.25. The summed E-state index contributed by atoms with van der Waals surface area (Å²) in [6, 6.07) is 10.4. The maximum absolute atomic E-state index is 10.2. The molecule has 1 aliphatic carbocycles. The third-order valence-electron chi connectivity index (χ3n) is 3.39. The molecular weight excluding hydrogens is 198 g/mol. The van der Waals surface area contributed by atoms with Gasteiger partial charge in [-0.3, -0.25) is 5.32 Å². The second-order valence-electron chi connectivity index (χ2n) is 4.75. The van der Waals surface area contributed by atoms with Gasteiger partial charge in [-0.2, -0.15) is 0 Å². The van der Waals surface area contributed by atoms with Crippen LogP contribution < -0.4 is 5.32 Å². The predicted molar refractivity (Wildman–Crippen MR) is 66.2 cm³/mol. The maximum Gasteiger partial charge on any atom is 0.116 e. The molecule has 1 aromatic carbocycles. The molecule has 0 saturated heterocycles. The first-order valence-electron chi connectivity index (χ1n) is 6.30. The van der Waals surface area contributed by atoms with E-state index in [2.05, 4.69) is 29.6 Å². The zero-order valence-electron chi connectivity index (χ0n) is 9.78. The highest BCUT2D eigenvalue weighted by molar-refractivity contribution is 5.14. The Hall–Kier alpha value is -0.860. The van der Waals surface area contributed by atoms with Crippen molar-refractivity contribution in [2.75, 3.05) is 6.54 Å². The molecule has 0 unspecified atom stereocenters. The van der Waals surface area contributed by atoms with E-state index in [1.165, 1.54) is 12.0 Å². The van der Waals surface area contributed by atoms with Crippen molar-refractivity contribution in [3.05, 3.63) is 35.9 Å². The van der Waals surface area contributed by atoms with Gasteiger partial charge in [-0.25, -0.2) is 0 Å². The Bertz CT molecular complexity index is 304. The van der Waals surface area contributed by atoms with Gasteiger partial charge in [0.15, 0.2) is 0 Å². The van der Waals surface area contributed by atoms with Crippen LogP contribution in [0.5, 0.6) is 0 Å². The molecule has 0 aliphatic heterocycles. The summed E-state index contributed by atoms with van der Waals surface area (Å²) >= 11 is 0. The van der Waals surface area contributed by atoms with E-state index in [0.717, 1.165) is 38.6 Å². The summed E-state index contributed by atoms with van der Waals surface area (Å²) in [5.41, 5.74) is 0.738. The molecule has 0 bridgehead atoms. The second kappa shape index (κ2) is 5.46. The Labute approximate surface area is 97.7 Å². The zero-order valence-corrected chi connectivity index (χ0v) is 9.78. The van der Waals surface area contributed by atoms with E-state index in [4.69, 9.17) is 0 Å². The molecule has 88 valence electrons. The predicted octanol–water partition coefficient (Wildman–Crippen LogP) is 2.47. The van der Waals surface area contributed by atoms with Gasteiger partial charge in [-0.05, 0) is 37.7 Å². The van der Waals surface area contributed by atoms with Crippen LogP contribution in [-0.4, -0.2) is 17.4 Å². The fourth-order valence-electron chi connectivity index (χ4n) is 2.40. The highest BCUT2D eigenvalue weighted by Gasteiger charge is 2.27. The van der Waals surface area contributed by atoms with Gasteiger partial charge in [0.1, 0.15) is 5.72 Å². The number of hydrogen-bond acceptors (Lipinski definition) is 2. The molecule has 16 heavy (non-hydrogen) atoms. The zero-order chi connectivity index (χ0) is 11.3. The molecule has 1 aromatic rings. The molecule has 1 saturated carbocycles. The quantitative estimate of drug-likeness (QED) is 0.762. The summed E-state index contributed by atoms with van der Waals surface area (Å²) in [6.07, 6.45) is 6.36. The van der Waals surface area contributed by atoms with Crippen molar-refractivity contribution in [1.29, 1.82) is 0 Å². The molecule has 0 atom stereocenters. The van der Waals surface area contributed by atoms with E-state index in [-0.39, 0.29) is 0 Å². The Morgan fingerprint density at radius 3 is 2.44 bits per heavy atom. The number of aliphatic hydroxyl groups is 1. The first-order valence-corrected chi connectivity index (χ1v) is 6.30. The maximum atomic E-state index is 10.2. The van der Waals surface area contributed by atoms with E-state index in [9.17, 15) is 5.11 Å². The van der Waals surface area contributed by atoms with E-state index in [1.807, 2.05) is 6.07 Å². The van der Waals surface area contributed by atoms with Crippen LogP contribution >= 0.6 is 0 Å². The Kier molecular flexibility index (Phi) is 3.97. The highest BCUT2D eigenvalue weighted by atomic mass is 16.3. The lowest BCUT2D eigenvalue weighted by molar-refractivity contribution is -0.0272. The van der Waals surface area contributed by atoms with E-state index < -0.39 is 5.72 Å². The van der Waals surface area contributed by atoms with Crippen LogP contribution in [-0.2, 0) is 6.42 Å². The minimum atomic E-state index is -0.590. The first-order chi connectivity index (χ1) is 7.79. The lowest BCUT2D eigenvalue weighted by atomic mass is 9.91. The normalized spacial score (nSPS) is 19.6. The minimum absolute atomic E-state index is 0.590. The van der Waals surface area contributed by atoms with Crippen molar-refractivity contribution in [2.45, 2.75) is 44.2 Å². The van der Waals surface area contributed by atoms with Crippen LogP contribution in [0.15, 0.2) is 30.3 Å². The monoisotopic (exact) mass is 219 g/mol. The molecule has 0 heterocycles. The number of benzene rings is 1. The molecular formula is C14H21NO. The molecule has 0 amide bonds. The molecule has 2 heteroatoms. The van der Waals surface area contributed by atoms with Gasteiger partial charge in [0.2, 0.25) is 0 Å². The largest absolute Gasteiger partial charge is 0.376 e. The number of rotatable bonds is 4. The number of hydrogen-bond donors (Lipinski definition) is 2. The summed E-state index contributed by atoms with van der Waals surface area (Å²) in [7, 11) is 0. The summed E-state index contributed by atoms with van der Waals surface area (Å²) in [4.78, 5) is 0. The van der Waals surface area contributed by atoms with Crippen molar-refractivity contribution in [2.24, 2.45) is 0 Å². The van der Waals surface area contributed by atoms with Crippen molar-refractivity contribution < 1.29 is 5.11 Å². The van der Waals surface area contributed by atoms with Gasteiger partial charge in [0.05, 0.1) is 0 Å². The van der Waals surface area contributed by atoms with Crippen LogP contribution in [0.2, 0.25) is 0 Å². The van der Waals surface area contributed by atoms with E-state index in [0.29, 0.717) is 0 Å². The summed E-state index contributed by atoms with van der Waals surface area (Å²) in [5, 5.41) is 13.5. The molecule has 1 fully saturated rings. The van der Waals surface area contributed by atoms with Crippen LogP contribution in [0.25, 0.3) is 0 Å². The topological polar surface area (TPSA) is 32.3 Å². The summed E-state index contributed by atoms with van der Waals surface area (Å²) in [6.45, 7) is 0.862. The standard InChI is InChI=1S/C14H21NO/c16-14(10-5-2-6-11-14)15-12-9-13-7-3-1-4-8-13/h1,3-4,7-8,15-16H,2,5-6,9-12H2. The SMILES string of the molecule is OC1(NCCc2ccccc2)CCCCC1. The molecule has 2 rings (SSSR count). The van der Waals surface area contributed by atoms with Gasteiger partial charge in [0, 0.05) is 6.54 Å². The van der Waals surface area contributed by atoms with Gasteiger partial charge in [-0.1, -0.05) is 36.8 Å². The van der Waals surface area contributed by atoms with Gasteiger partial charge in [0.25, 0.3) is 0 Å². The van der Waals surface area contributed by atoms with Crippen LogP contribution in [0.3, 0.4) is 0 Å². The van der Waals surface area contributed by atoms with Gasteiger partial charge < -0.3 is 5.11 Å². The molecule has 2 N–H and O–H groups in total. The Balaban J connectivity index is 1.75. The lowest BCUT2D eigenvalue weighted by Gasteiger charge is -2.33. The average molecular weight is 219 g/mol. The fraction of sp³-hybridized carbons (Fsp3) is 0.571. The van der Waals surface area contributed by atoms with E-state index in [1.54, 1.807) is 0 Å². The summed E-state index contributed by atoms with van der Waals surface area (Å²) in [5.74, 6) is 0. The van der Waals surface area contributed by atoms with Crippen molar-refractivity contribution in [3.63, 3.8) is 0 Å². The Morgan fingerprint density at radius 1 is 1.06 bits per heavy atom. The third kappa shape index (κ3) is 3.32. The van der Waals surface area contributed by atoms with Crippen molar-refractivity contribution in [3.8, 4) is 0 Å².